The molecule has 2 atom stereocenters. The van der Waals surface area contributed by atoms with Gasteiger partial charge in [-0.3, -0.25) is 4.18 Å². The van der Waals surface area contributed by atoms with Crippen LogP contribution < -0.4 is 0 Å². The Labute approximate surface area is 163 Å². The van der Waals surface area contributed by atoms with Crippen molar-refractivity contribution in [3.63, 3.8) is 0 Å². The van der Waals surface area contributed by atoms with Crippen LogP contribution in [-0.2, 0) is 28.4 Å². The van der Waals surface area contributed by atoms with Crippen LogP contribution in [0.25, 0.3) is 0 Å². The first-order valence-electron chi connectivity index (χ1n) is 7.55. The molecule has 1 aliphatic carbocycles. The van der Waals surface area contributed by atoms with Gasteiger partial charge in [0, 0.05) is 11.4 Å². The van der Waals surface area contributed by atoms with Gasteiger partial charge in [-0.1, -0.05) is 29.8 Å². The van der Waals surface area contributed by atoms with Crippen LogP contribution in [0.5, 0.6) is 0 Å². The van der Waals surface area contributed by atoms with E-state index in [0.29, 0.717) is 17.9 Å². The maximum atomic E-state index is 11.8. The van der Waals surface area contributed by atoms with E-state index in [1.54, 1.807) is 6.07 Å². The minimum atomic E-state index is -1.76. The Kier molecular flexibility index (Phi) is 5.39. The van der Waals surface area contributed by atoms with Gasteiger partial charge in [-0.15, -0.1) is 11.6 Å². The van der Waals surface area contributed by atoms with Crippen molar-refractivity contribution in [2.75, 3.05) is 7.11 Å². The highest BCUT2D eigenvalue weighted by Crippen LogP contribution is 2.53. The van der Waals surface area contributed by atoms with Crippen molar-refractivity contribution in [3.05, 3.63) is 45.9 Å². The lowest BCUT2D eigenvalue weighted by Gasteiger charge is -2.33. The zero-order valence-corrected chi connectivity index (χ0v) is 16.5. The molecule has 1 saturated carbocycles. The van der Waals surface area contributed by atoms with Crippen molar-refractivity contribution >= 4 is 46.7 Å². The van der Waals surface area contributed by atoms with Crippen molar-refractivity contribution in [2.45, 2.75) is 36.3 Å². The minimum Gasteiger partial charge on any atom is -0.386 e. The number of hydrogen-bond acceptors (Lipinski definition) is 5. The van der Waals surface area contributed by atoms with Crippen LogP contribution in [-0.4, -0.2) is 40.7 Å². The Morgan fingerprint density at radius 2 is 2.16 bits per heavy atom. The van der Waals surface area contributed by atoms with Gasteiger partial charge in [0.15, 0.2) is 0 Å². The van der Waals surface area contributed by atoms with Crippen LogP contribution in [0.1, 0.15) is 18.4 Å². The van der Waals surface area contributed by atoms with E-state index < -0.39 is 21.7 Å². The highest BCUT2D eigenvalue weighted by atomic mass is 35.5. The Morgan fingerprint density at radius 3 is 2.76 bits per heavy atom. The Morgan fingerprint density at radius 1 is 1.48 bits per heavy atom. The second kappa shape index (κ2) is 7.09. The molecule has 1 heterocycles. The molecule has 10 heteroatoms. The smallest absolute Gasteiger partial charge is 0.271 e. The molecule has 1 aromatic heterocycles. The summed E-state index contributed by atoms with van der Waals surface area (Å²) >= 11 is 16.4. The molecule has 136 valence electrons. The Balaban J connectivity index is 1.93. The lowest BCUT2D eigenvalue weighted by molar-refractivity contribution is 0.00724. The second-order valence-corrected chi connectivity index (χ2v) is 8.70. The largest absolute Gasteiger partial charge is 0.386 e. The zero-order valence-electron chi connectivity index (χ0n) is 13.4. The Hall–Kier alpha value is -0.770. The van der Waals surface area contributed by atoms with Gasteiger partial charge in [0.1, 0.15) is 11.9 Å². The van der Waals surface area contributed by atoms with E-state index in [-0.39, 0.29) is 17.7 Å². The van der Waals surface area contributed by atoms with Gasteiger partial charge in [0.2, 0.25) is 4.77 Å². The van der Waals surface area contributed by atoms with E-state index in [4.69, 9.17) is 39.6 Å². The molecule has 0 spiro atoms. The SMILES string of the molecule is COS(=O)n1cnn(CC(O)(Cc2ccccc2Cl)C2(Cl)CC2)c1=S. The summed E-state index contributed by atoms with van der Waals surface area (Å²) in [5.41, 5.74) is -0.504. The average molecular weight is 422 g/mol. The first kappa shape index (κ1) is 19.0. The van der Waals surface area contributed by atoms with Crippen LogP contribution in [0.3, 0.4) is 0 Å². The molecular formula is C15H17Cl2N3O3S2. The third-order valence-corrected chi connectivity index (χ3v) is 6.88. The molecule has 0 radical (unpaired) electrons. The lowest BCUT2D eigenvalue weighted by Crippen LogP contribution is -2.47. The van der Waals surface area contributed by atoms with Crippen molar-refractivity contribution in [2.24, 2.45) is 0 Å². The molecule has 0 bridgehead atoms. The molecule has 0 aliphatic heterocycles. The topological polar surface area (TPSA) is 69.3 Å². The van der Waals surface area contributed by atoms with Crippen molar-refractivity contribution in [3.8, 4) is 0 Å². The molecular weight excluding hydrogens is 405 g/mol. The summed E-state index contributed by atoms with van der Waals surface area (Å²) in [5.74, 6) is 0. The number of halogens is 2. The van der Waals surface area contributed by atoms with E-state index in [0.717, 1.165) is 5.56 Å². The van der Waals surface area contributed by atoms with E-state index in [2.05, 4.69) is 5.10 Å². The van der Waals surface area contributed by atoms with Gasteiger partial charge in [-0.2, -0.15) is 9.07 Å². The maximum absolute atomic E-state index is 11.8. The monoisotopic (exact) mass is 421 g/mol. The predicted octanol–water partition coefficient (Wildman–Crippen LogP) is 2.89. The minimum absolute atomic E-state index is 0.0640. The first-order chi connectivity index (χ1) is 11.8. The molecule has 1 N–H and O–H groups in total. The molecule has 1 aliphatic rings. The van der Waals surface area contributed by atoms with Crippen molar-refractivity contribution in [1.29, 1.82) is 0 Å². The molecule has 6 nitrogen and oxygen atoms in total. The van der Waals surface area contributed by atoms with Gasteiger partial charge >= 0.3 is 0 Å². The van der Waals surface area contributed by atoms with E-state index in [9.17, 15) is 9.32 Å². The van der Waals surface area contributed by atoms with Gasteiger partial charge in [-0.25, -0.2) is 8.89 Å². The summed E-state index contributed by atoms with van der Waals surface area (Å²) in [6.07, 6.45) is 2.95. The van der Waals surface area contributed by atoms with Gasteiger partial charge in [-0.05, 0) is 36.7 Å². The third-order valence-electron chi connectivity index (χ3n) is 4.38. The van der Waals surface area contributed by atoms with Crippen molar-refractivity contribution in [1.82, 2.24) is 13.8 Å². The standard InChI is InChI=1S/C15H17Cl2N3O3S2/c1-23-25(22)20-10-18-19(13(20)24)9-15(21,14(17)6-7-14)8-11-4-2-3-5-12(11)16/h2-5,10,21H,6-9H2,1H3. The molecule has 0 saturated heterocycles. The quantitative estimate of drug-likeness (QED) is 0.549. The highest BCUT2D eigenvalue weighted by Gasteiger charge is 2.58. The Bertz CT molecular complexity index is 866. The van der Waals surface area contributed by atoms with E-state index in [1.807, 2.05) is 18.2 Å². The van der Waals surface area contributed by atoms with Gasteiger partial charge < -0.3 is 5.11 Å². The maximum Gasteiger partial charge on any atom is 0.271 e. The number of aliphatic hydroxyl groups is 1. The molecule has 2 unspecified atom stereocenters. The summed E-state index contributed by atoms with van der Waals surface area (Å²) in [7, 11) is 1.31. The summed E-state index contributed by atoms with van der Waals surface area (Å²) < 4.78 is 19.3. The fraction of sp³-hybridized carbons (Fsp3) is 0.467. The third kappa shape index (κ3) is 3.70. The number of nitrogens with zero attached hydrogens (tertiary/aromatic N) is 3. The van der Waals surface area contributed by atoms with Crippen LogP contribution >= 0.6 is 35.4 Å². The van der Waals surface area contributed by atoms with Crippen molar-refractivity contribution < 1.29 is 13.5 Å². The number of alkyl halides is 1. The average Bonchev–Trinajstić information content (AvgIpc) is 3.25. The molecule has 1 aromatic carbocycles. The molecule has 25 heavy (non-hydrogen) atoms. The summed E-state index contributed by atoms with van der Waals surface area (Å²) in [6, 6.07) is 7.31. The van der Waals surface area contributed by atoms with E-state index >= 15 is 0 Å². The second-order valence-electron chi connectivity index (χ2n) is 6.05. The number of rotatable bonds is 7. The van der Waals surface area contributed by atoms with Gasteiger partial charge in [0.05, 0.1) is 18.5 Å². The summed E-state index contributed by atoms with van der Waals surface area (Å²) in [6.45, 7) is 0.0640. The molecule has 3 rings (SSSR count). The number of hydrogen-bond donors (Lipinski definition) is 1. The van der Waals surface area contributed by atoms with Crippen LogP contribution in [0.4, 0.5) is 0 Å². The fourth-order valence-corrected chi connectivity index (χ4v) is 4.02. The van der Waals surface area contributed by atoms with E-state index in [1.165, 1.54) is 22.1 Å². The molecule has 0 amide bonds. The zero-order chi connectivity index (χ0) is 18.2. The van der Waals surface area contributed by atoms with Crippen LogP contribution in [0, 0.1) is 4.77 Å². The molecule has 1 fully saturated rings. The van der Waals surface area contributed by atoms with Gasteiger partial charge in [0.25, 0.3) is 11.3 Å². The number of benzene rings is 1. The van der Waals surface area contributed by atoms with Crippen LogP contribution in [0.2, 0.25) is 5.02 Å². The number of aromatic nitrogens is 3. The summed E-state index contributed by atoms with van der Waals surface area (Å²) in [4.78, 5) is -0.759. The predicted molar refractivity (Wildman–Crippen MR) is 99.5 cm³/mol. The lowest BCUT2D eigenvalue weighted by atomic mass is 9.89. The fourth-order valence-electron chi connectivity index (χ4n) is 2.75. The first-order valence-corrected chi connectivity index (χ1v) is 9.75. The highest BCUT2D eigenvalue weighted by molar-refractivity contribution is 7.79. The normalized spacial score (nSPS) is 19.4. The molecule has 2 aromatic rings. The van der Waals surface area contributed by atoms with Crippen LogP contribution in [0.15, 0.2) is 30.6 Å². The summed E-state index contributed by atoms with van der Waals surface area (Å²) in [5, 5.41) is 16.0.